The smallest absolute Gasteiger partial charge is 0.0362 e. The van der Waals surface area contributed by atoms with Gasteiger partial charge in [-0.3, -0.25) is 4.90 Å². The first-order chi connectivity index (χ1) is 10.3. The highest BCUT2D eigenvalue weighted by Crippen LogP contribution is 2.32. The molecule has 0 aliphatic carbocycles. The van der Waals surface area contributed by atoms with Crippen LogP contribution in [-0.4, -0.2) is 11.4 Å². The topological polar surface area (TPSA) is 29.3 Å². The number of nitrogens with two attached hydrogens (primary N) is 1. The van der Waals surface area contributed by atoms with Crippen molar-refractivity contribution in [3.8, 4) is 0 Å². The molecule has 0 saturated heterocycles. The van der Waals surface area contributed by atoms with Crippen molar-refractivity contribution >= 4 is 5.69 Å². The van der Waals surface area contributed by atoms with Crippen LogP contribution in [0.1, 0.15) is 42.5 Å². The molecule has 1 heterocycles. The predicted octanol–water partition coefficient (Wildman–Crippen LogP) is 4.17. The molecule has 1 unspecified atom stereocenters. The largest absolute Gasteiger partial charge is 0.398 e. The van der Waals surface area contributed by atoms with Crippen LogP contribution in [0, 0.1) is 0 Å². The zero-order valence-electron chi connectivity index (χ0n) is 12.8. The van der Waals surface area contributed by atoms with Crippen molar-refractivity contribution in [3.63, 3.8) is 0 Å². The summed E-state index contributed by atoms with van der Waals surface area (Å²) in [5.41, 5.74) is 11.3. The van der Waals surface area contributed by atoms with Crippen LogP contribution >= 0.6 is 0 Å². The van der Waals surface area contributed by atoms with Gasteiger partial charge in [0.2, 0.25) is 0 Å². The maximum Gasteiger partial charge on any atom is 0.0362 e. The Balaban J connectivity index is 1.87. The maximum atomic E-state index is 6.19. The second kappa shape index (κ2) is 6.31. The molecule has 0 radical (unpaired) electrons. The van der Waals surface area contributed by atoms with Crippen LogP contribution in [0.3, 0.4) is 0 Å². The van der Waals surface area contributed by atoms with E-state index in [1.165, 1.54) is 29.5 Å². The summed E-state index contributed by atoms with van der Waals surface area (Å²) in [6.45, 7) is 4.36. The molecule has 21 heavy (non-hydrogen) atoms. The Kier molecular flexibility index (Phi) is 4.26. The first kappa shape index (κ1) is 14.2. The molecule has 0 bridgehead atoms. The fourth-order valence-electron chi connectivity index (χ4n) is 3.40. The van der Waals surface area contributed by atoms with E-state index in [1.807, 2.05) is 6.07 Å². The number of nitrogens with zero attached hydrogens (tertiary/aromatic N) is 1. The van der Waals surface area contributed by atoms with E-state index in [2.05, 4.69) is 54.3 Å². The highest BCUT2D eigenvalue weighted by atomic mass is 15.2. The highest BCUT2D eigenvalue weighted by molar-refractivity contribution is 5.51. The van der Waals surface area contributed by atoms with E-state index in [4.69, 9.17) is 5.73 Å². The van der Waals surface area contributed by atoms with Crippen LogP contribution < -0.4 is 5.73 Å². The summed E-state index contributed by atoms with van der Waals surface area (Å²) >= 11 is 0. The van der Waals surface area contributed by atoms with E-state index in [0.29, 0.717) is 6.04 Å². The van der Waals surface area contributed by atoms with E-state index >= 15 is 0 Å². The van der Waals surface area contributed by atoms with Crippen molar-refractivity contribution in [2.45, 2.75) is 38.8 Å². The Morgan fingerprint density at radius 2 is 1.90 bits per heavy atom. The van der Waals surface area contributed by atoms with Gasteiger partial charge < -0.3 is 5.73 Å². The van der Waals surface area contributed by atoms with Crippen LogP contribution in [0.25, 0.3) is 0 Å². The molecule has 1 aliphatic rings. The number of rotatable bonds is 4. The van der Waals surface area contributed by atoms with Crippen LogP contribution in [-0.2, 0) is 13.0 Å². The third-order valence-electron chi connectivity index (χ3n) is 4.53. The van der Waals surface area contributed by atoms with E-state index in [-0.39, 0.29) is 0 Å². The quantitative estimate of drug-likeness (QED) is 0.852. The minimum absolute atomic E-state index is 0.504. The molecule has 2 aromatic rings. The summed E-state index contributed by atoms with van der Waals surface area (Å²) < 4.78 is 0. The summed E-state index contributed by atoms with van der Waals surface area (Å²) in [7, 11) is 0. The van der Waals surface area contributed by atoms with Gasteiger partial charge in [-0.1, -0.05) is 55.8 Å². The lowest BCUT2D eigenvalue weighted by atomic mass is 9.93. The molecule has 110 valence electrons. The van der Waals surface area contributed by atoms with Gasteiger partial charge in [-0.25, -0.2) is 0 Å². The van der Waals surface area contributed by atoms with Crippen molar-refractivity contribution in [1.82, 2.24) is 4.90 Å². The van der Waals surface area contributed by atoms with E-state index in [1.54, 1.807) is 0 Å². The summed E-state index contributed by atoms with van der Waals surface area (Å²) in [6, 6.07) is 17.7. The fraction of sp³-hybridized carbons (Fsp3) is 0.368. The Morgan fingerprint density at radius 1 is 1.10 bits per heavy atom. The van der Waals surface area contributed by atoms with Crippen molar-refractivity contribution in [3.05, 3.63) is 65.2 Å². The molecule has 2 N–H and O–H groups in total. The zero-order chi connectivity index (χ0) is 14.7. The third-order valence-corrected chi connectivity index (χ3v) is 4.53. The lowest BCUT2D eigenvalue weighted by molar-refractivity contribution is 0.169. The van der Waals surface area contributed by atoms with Gasteiger partial charge in [0.15, 0.2) is 0 Å². The molecule has 0 saturated carbocycles. The summed E-state index contributed by atoms with van der Waals surface area (Å²) in [5.74, 6) is 0. The third kappa shape index (κ3) is 2.96. The predicted molar refractivity (Wildman–Crippen MR) is 89.1 cm³/mol. The summed E-state index contributed by atoms with van der Waals surface area (Å²) in [4.78, 5) is 2.59. The van der Waals surface area contributed by atoms with Gasteiger partial charge >= 0.3 is 0 Å². The molecule has 2 heteroatoms. The minimum Gasteiger partial charge on any atom is -0.398 e. The van der Waals surface area contributed by atoms with Gasteiger partial charge in [0.1, 0.15) is 0 Å². The van der Waals surface area contributed by atoms with Crippen molar-refractivity contribution in [1.29, 1.82) is 0 Å². The van der Waals surface area contributed by atoms with Gasteiger partial charge in [-0.15, -0.1) is 0 Å². The Morgan fingerprint density at radius 3 is 2.67 bits per heavy atom. The second-order valence-corrected chi connectivity index (χ2v) is 5.92. The molecule has 0 fully saturated rings. The molecular weight excluding hydrogens is 256 g/mol. The Hall–Kier alpha value is -1.80. The molecular formula is C19H24N2. The summed E-state index contributed by atoms with van der Waals surface area (Å²) in [6.07, 6.45) is 3.51. The van der Waals surface area contributed by atoms with E-state index < -0.39 is 0 Å². The summed E-state index contributed by atoms with van der Waals surface area (Å²) in [5, 5.41) is 0. The number of fused-ring (bicyclic) bond motifs is 1. The number of hydrogen-bond acceptors (Lipinski definition) is 2. The number of benzene rings is 2. The SMILES string of the molecule is CCCC(c1ccccc1)N1CCc2cccc(N)c2C1. The van der Waals surface area contributed by atoms with Crippen LogP contribution in [0.5, 0.6) is 0 Å². The lowest BCUT2D eigenvalue weighted by Crippen LogP contribution is -2.34. The molecule has 0 amide bonds. The van der Waals surface area contributed by atoms with Gasteiger partial charge in [0, 0.05) is 24.8 Å². The standard InChI is InChI=1S/C19H24N2/c1-2-7-19(16-8-4-3-5-9-16)21-13-12-15-10-6-11-18(20)17(15)14-21/h3-6,8-11,19H,2,7,12-14,20H2,1H3. The van der Waals surface area contributed by atoms with Crippen molar-refractivity contribution < 1.29 is 0 Å². The maximum absolute atomic E-state index is 6.19. The molecule has 1 aliphatic heterocycles. The van der Waals surface area contributed by atoms with Gasteiger partial charge in [-0.2, -0.15) is 0 Å². The molecule has 2 nitrogen and oxygen atoms in total. The lowest BCUT2D eigenvalue weighted by Gasteiger charge is -2.36. The molecule has 2 aromatic carbocycles. The highest BCUT2D eigenvalue weighted by Gasteiger charge is 2.25. The molecule has 0 spiro atoms. The van der Waals surface area contributed by atoms with Crippen LogP contribution in [0.2, 0.25) is 0 Å². The molecule has 3 rings (SSSR count). The minimum atomic E-state index is 0.504. The zero-order valence-corrected chi connectivity index (χ0v) is 12.8. The van der Waals surface area contributed by atoms with Crippen molar-refractivity contribution in [2.75, 3.05) is 12.3 Å². The monoisotopic (exact) mass is 280 g/mol. The number of anilines is 1. The van der Waals surface area contributed by atoms with Crippen LogP contribution in [0.4, 0.5) is 5.69 Å². The molecule has 1 atom stereocenters. The number of hydrogen-bond donors (Lipinski definition) is 1. The van der Waals surface area contributed by atoms with E-state index in [9.17, 15) is 0 Å². The first-order valence-electron chi connectivity index (χ1n) is 7.95. The second-order valence-electron chi connectivity index (χ2n) is 5.92. The fourth-order valence-corrected chi connectivity index (χ4v) is 3.40. The van der Waals surface area contributed by atoms with E-state index in [0.717, 1.165) is 25.2 Å². The number of nitrogen functional groups attached to an aromatic ring is 1. The Labute approximate surface area is 127 Å². The van der Waals surface area contributed by atoms with Crippen LogP contribution in [0.15, 0.2) is 48.5 Å². The Bertz CT molecular complexity index is 592. The normalized spacial score (nSPS) is 16.4. The van der Waals surface area contributed by atoms with Crippen molar-refractivity contribution in [2.24, 2.45) is 0 Å². The van der Waals surface area contributed by atoms with Gasteiger partial charge in [0.05, 0.1) is 0 Å². The van der Waals surface area contributed by atoms with Gasteiger partial charge in [-0.05, 0) is 35.6 Å². The van der Waals surface area contributed by atoms with Gasteiger partial charge in [0.25, 0.3) is 0 Å². The average molecular weight is 280 g/mol. The first-order valence-corrected chi connectivity index (χ1v) is 7.95. The molecule has 0 aromatic heterocycles. The average Bonchev–Trinajstić information content (AvgIpc) is 2.54.